The molecule has 10 N–H and O–H groups in total. The van der Waals surface area contributed by atoms with Gasteiger partial charge in [0.15, 0.2) is 18.9 Å². The van der Waals surface area contributed by atoms with Gasteiger partial charge in [0.2, 0.25) is 23.6 Å². The van der Waals surface area contributed by atoms with Crippen LogP contribution in [-0.4, -0.2) is 406 Å². The molecule has 734 valence electrons. The van der Waals surface area contributed by atoms with Crippen molar-refractivity contribution in [1.82, 2.24) is 66.2 Å². The van der Waals surface area contributed by atoms with Crippen molar-refractivity contribution in [3.63, 3.8) is 0 Å². The molecule has 1 aromatic carbocycles. The number of Topliss-reactive ketones (excluding diaryl/α,β-unsaturated/α-hetero) is 1. The standard InChI is InChI=1S/C84H135N13O33/c1-60(98)85-69-72(103)75(106)82(57-125-78(69)128-82)54-119-41-38-115-35-32-112-29-26-109-23-19-95-44-64(89-92-95)48-122-51-81(88-68(102)18-12-5-4-10-16-67(101)17-11-7-13-22-118-47-63-14-8-6-9-15-63,52-123-49-65-45-96(93-90-65)20-24-110-27-30-113-33-36-116-39-42-120-55-83-58-126-79(129-83)70(86-61(2)99)73(104)76(83)107)53-124-50-66-46-97(94-91-66)21-25-111-28-31-114-34-37-117-40-43-121-56-84-59-127-80(130-84)71(87-62(3)100)74(105)77(84)108/h6,8-9,14-15,44-46,69-80,103-108H,4-5,7,10-13,16-43,47-59H2,1-3H3,(H,85,98)(H,86,99)(H,87,100)(H,88,102)/t69-,70-,71-,72-,73-,74-,75-,76-,77-,78+,79+,80+,82+,83+,84+/m1/s1. The molecule has 0 saturated carbocycles. The molecule has 0 spiro atoms. The van der Waals surface area contributed by atoms with Gasteiger partial charge in [-0.3, -0.25) is 24.0 Å². The van der Waals surface area contributed by atoms with Crippen LogP contribution in [0.3, 0.4) is 0 Å². The summed E-state index contributed by atoms with van der Waals surface area (Å²) in [6, 6.07) is 7.29. The van der Waals surface area contributed by atoms with E-state index in [9.17, 15) is 54.6 Å². The Balaban J connectivity index is 0.651. The zero-order chi connectivity index (χ0) is 92.1. The van der Waals surface area contributed by atoms with Crippen LogP contribution in [0.4, 0.5) is 0 Å². The van der Waals surface area contributed by atoms with Crippen LogP contribution in [0.2, 0.25) is 0 Å². The van der Waals surface area contributed by atoms with E-state index >= 15 is 0 Å². The molecule has 6 fully saturated rings. The van der Waals surface area contributed by atoms with E-state index in [1.807, 2.05) is 30.3 Å². The largest absolute Gasteiger partial charge is 0.388 e. The highest BCUT2D eigenvalue weighted by Crippen LogP contribution is 2.40. The highest BCUT2D eigenvalue weighted by molar-refractivity contribution is 5.78. The molecule has 0 unspecified atom stereocenters. The minimum absolute atomic E-state index is 0.00849. The van der Waals surface area contributed by atoms with Crippen LogP contribution in [0.25, 0.3) is 0 Å². The number of aliphatic hydroxyl groups is 6. The van der Waals surface area contributed by atoms with E-state index < -0.39 is 114 Å². The second-order valence-corrected chi connectivity index (χ2v) is 32.8. The molecule has 46 heteroatoms. The van der Waals surface area contributed by atoms with E-state index in [2.05, 4.69) is 52.2 Å². The van der Waals surface area contributed by atoms with E-state index in [0.29, 0.717) is 148 Å². The van der Waals surface area contributed by atoms with Gasteiger partial charge in [0.1, 0.15) is 100.0 Å². The number of ketones is 1. The van der Waals surface area contributed by atoms with Gasteiger partial charge in [-0.1, -0.05) is 65.2 Å². The van der Waals surface area contributed by atoms with E-state index in [-0.39, 0.29) is 157 Å². The number of rotatable bonds is 73. The maximum Gasteiger partial charge on any atom is 0.220 e. The Hall–Kier alpha value is -6.93. The lowest BCUT2D eigenvalue weighted by Crippen LogP contribution is -2.66. The second kappa shape index (κ2) is 57.1. The molecule has 9 heterocycles. The molecule has 10 rings (SSSR count). The van der Waals surface area contributed by atoms with Crippen LogP contribution >= 0.6 is 0 Å². The molecule has 3 aromatic heterocycles. The maximum absolute atomic E-state index is 14.3. The fraction of sp³-hybridized carbons (Fsp3) is 0.798. The number of hydrogen-bond donors (Lipinski definition) is 10. The van der Waals surface area contributed by atoms with Crippen molar-refractivity contribution in [1.29, 1.82) is 0 Å². The van der Waals surface area contributed by atoms with Gasteiger partial charge in [-0.15, -0.1) is 15.3 Å². The molecule has 46 nitrogen and oxygen atoms in total. The number of benzene rings is 1. The molecule has 6 bridgehead atoms. The van der Waals surface area contributed by atoms with Gasteiger partial charge in [-0.25, -0.2) is 14.0 Å². The predicted octanol–water partition coefficient (Wildman–Crippen LogP) is -2.79. The van der Waals surface area contributed by atoms with Crippen molar-refractivity contribution >= 4 is 29.4 Å². The molecule has 15 atom stereocenters. The summed E-state index contributed by atoms with van der Waals surface area (Å²) < 4.78 is 133. The molecule has 0 aliphatic carbocycles. The molecule has 4 aromatic rings. The van der Waals surface area contributed by atoms with Gasteiger partial charge in [-0.05, 0) is 31.2 Å². The summed E-state index contributed by atoms with van der Waals surface area (Å²) in [6.45, 7) is 11.4. The topological polar surface area (TPSA) is 550 Å². The first-order valence-electron chi connectivity index (χ1n) is 44.7. The lowest BCUT2D eigenvalue weighted by Gasteiger charge is -2.42. The Bertz CT molecular complexity index is 3560. The van der Waals surface area contributed by atoms with Crippen molar-refractivity contribution in [2.75, 3.05) is 205 Å². The molecule has 4 amide bonds. The van der Waals surface area contributed by atoms with Gasteiger partial charge >= 0.3 is 0 Å². The lowest BCUT2D eigenvalue weighted by molar-refractivity contribution is -0.238. The average molecular weight is 1860 g/mol. The van der Waals surface area contributed by atoms with Crippen LogP contribution in [0.1, 0.15) is 108 Å². The number of carbonyl (C=O) groups is 5. The number of amides is 4. The smallest absolute Gasteiger partial charge is 0.220 e. The Morgan fingerprint density at radius 1 is 0.377 bits per heavy atom. The number of nitrogens with one attached hydrogen (secondary N) is 4. The number of aliphatic hydroxyl groups excluding tert-OH is 6. The first-order chi connectivity index (χ1) is 63.2. The number of carbonyl (C=O) groups excluding carboxylic acids is 5. The third kappa shape index (κ3) is 35.1. The molecule has 6 aliphatic heterocycles. The molecule has 6 aliphatic rings. The number of fused-ring (bicyclic) bond motifs is 6. The Kier molecular flexibility index (Phi) is 46.2. The summed E-state index contributed by atoms with van der Waals surface area (Å²) >= 11 is 0. The lowest BCUT2D eigenvalue weighted by atomic mass is 9.88. The molecule has 130 heavy (non-hydrogen) atoms. The summed E-state index contributed by atoms with van der Waals surface area (Å²) in [5.74, 6) is -1.22. The minimum atomic E-state index is -1.35. The van der Waals surface area contributed by atoms with E-state index in [1.54, 1.807) is 32.6 Å². The number of hydrogen-bond acceptors (Lipinski definition) is 39. The minimum Gasteiger partial charge on any atom is -0.388 e. The van der Waals surface area contributed by atoms with Crippen LogP contribution in [-0.2, 0) is 174 Å². The third-order valence-electron chi connectivity index (χ3n) is 22.0. The van der Waals surface area contributed by atoms with Crippen LogP contribution in [0.15, 0.2) is 48.9 Å². The Morgan fingerprint density at radius 2 is 0.685 bits per heavy atom. The first-order valence-corrected chi connectivity index (χ1v) is 44.7. The highest BCUT2D eigenvalue weighted by atomic mass is 16.8. The summed E-state index contributed by atoms with van der Waals surface area (Å²) in [5.41, 5.74) is -2.50. The van der Waals surface area contributed by atoms with E-state index in [0.717, 1.165) is 44.1 Å². The second-order valence-electron chi connectivity index (χ2n) is 32.8. The van der Waals surface area contributed by atoms with Crippen molar-refractivity contribution < 1.29 is 159 Å². The zero-order valence-corrected chi connectivity index (χ0v) is 74.7. The van der Waals surface area contributed by atoms with Crippen LogP contribution in [0, 0.1) is 0 Å². The van der Waals surface area contributed by atoms with Gasteiger partial charge in [0, 0.05) is 46.6 Å². The Labute approximate surface area is 754 Å². The monoisotopic (exact) mass is 1850 g/mol. The summed E-state index contributed by atoms with van der Waals surface area (Å²) in [4.78, 5) is 62.0. The Morgan fingerprint density at radius 3 is 1.02 bits per heavy atom. The quantitative estimate of drug-likeness (QED) is 0.0200. The van der Waals surface area contributed by atoms with Gasteiger partial charge in [-0.2, -0.15) is 0 Å². The number of nitrogens with zero attached hydrogens (tertiary/aromatic N) is 9. The predicted molar refractivity (Wildman–Crippen MR) is 447 cm³/mol. The molecular formula is C84H135N13O33. The first kappa shape index (κ1) is 105. The number of ether oxygens (including phenoxy) is 22. The van der Waals surface area contributed by atoms with Gasteiger partial charge < -0.3 is 156 Å². The van der Waals surface area contributed by atoms with Gasteiger partial charge in [0.05, 0.1) is 263 Å². The van der Waals surface area contributed by atoms with Crippen molar-refractivity contribution in [3.8, 4) is 0 Å². The summed E-state index contributed by atoms with van der Waals surface area (Å²) in [6.07, 6.45) is 1.06. The van der Waals surface area contributed by atoms with Crippen molar-refractivity contribution in [2.24, 2.45) is 0 Å². The molecule has 6 saturated heterocycles. The van der Waals surface area contributed by atoms with Crippen molar-refractivity contribution in [2.45, 2.75) is 227 Å². The zero-order valence-electron chi connectivity index (χ0n) is 74.7. The molecule has 0 radical (unpaired) electrons. The molecular weight excluding hydrogens is 1720 g/mol. The van der Waals surface area contributed by atoms with Gasteiger partial charge in [0.25, 0.3) is 0 Å². The summed E-state index contributed by atoms with van der Waals surface area (Å²) in [5, 5.41) is 101. The SMILES string of the molecule is CC(=O)N[C@H]1[C@H]2OC[C@](COCCOCCOCCOCCn3cc(COCC(COCc4cn(CCOCCOCCOCCOC[C@@]56CO[C@@H](O5)[C@H](NC(C)=O)[C@@H](O)[C@H]6O)nn4)(COCc4cn(CCOCCOCCOCCOC[C@@]56CO[C@@H](O5)[C@H](NC(C)=O)[C@@H](O)[C@H]6O)nn4)NC(=O)CCCCCCC(=O)CCCCCOCc4ccccc4)nn3)(O2)[C@H](O)[C@@H]1O. The fourth-order valence-corrected chi connectivity index (χ4v) is 15.1. The maximum atomic E-state index is 14.3. The third-order valence-corrected chi connectivity index (χ3v) is 22.0. The van der Waals surface area contributed by atoms with Crippen LogP contribution in [0.5, 0.6) is 0 Å². The van der Waals surface area contributed by atoms with E-state index in [1.165, 1.54) is 20.8 Å². The summed E-state index contributed by atoms with van der Waals surface area (Å²) in [7, 11) is 0. The normalized spacial score (nSPS) is 25.1. The van der Waals surface area contributed by atoms with E-state index in [4.69, 9.17) is 104 Å². The average Bonchev–Trinajstić information content (AvgIpc) is 1.31. The number of aromatic nitrogens is 9. The van der Waals surface area contributed by atoms with Crippen molar-refractivity contribution in [3.05, 3.63) is 71.6 Å². The fourth-order valence-electron chi connectivity index (χ4n) is 15.1. The van der Waals surface area contributed by atoms with Crippen LogP contribution < -0.4 is 21.3 Å². The number of unbranched alkanes of at least 4 members (excludes halogenated alkanes) is 5. The highest BCUT2D eigenvalue weighted by Gasteiger charge is 2.62.